The third-order valence-corrected chi connectivity index (χ3v) is 6.20. The largest absolute Gasteiger partial charge is 0.349 e. The molecule has 0 unspecified atom stereocenters. The standard InChI is InChI=1S/C19H20N6O2S2/c26-17(20-15-4-1-3-13(11-15)18(27)21-14-6-7-14)12-29-19-22-23-24-25(19)9-8-16-5-2-10-28-16/h1-5,10-11,14H,6-9,12H2,(H,20,26)(H,21,27). The van der Waals surface area contributed by atoms with Gasteiger partial charge >= 0.3 is 0 Å². The van der Waals surface area contributed by atoms with Gasteiger partial charge in [0, 0.05) is 28.6 Å². The molecule has 0 radical (unpaired) electrons. The molecule has 3 aromatic rings. The lowest BCUT2D eigenvalue weighted by atomic mass is 10.2. The molecule has 10 heteroatoms. The maximum Gasteiger partial charge on any atom is 0.251 e. The molecule has 1 aliphatic carbocycles. The number of amides is 2. The summed E-state index contributed by atoms with van der Waals surface area (Å²) in [6, 6.07) is 11.3. The maximum atomic E-state index is 12.3. The monoisotopic (exact) mass is 428 g/mol. The Kier molecular flexibility index (Phi) is 6.20. The van der Waals surface area contributed by atoms with Gasteiger partial charge in [-0.2, -0.15) is 0 Å². The van der Waals surface area contributed by atoms with Crippen molar-refractivity contribution in [3.05, 3.63) is 52.2 Å². The van der Waals surface area contributed by atoms with Crippen molar-refractivity contribution < 1.29 is 9.59 Å². The highest BCUT2D eigenvalue weighted by Gasteiger charge is 2.23. The predicted molar refractivity (Wildman–Crippen MR) is 112 cm³/mol. The van der Waals surface area contributed by atoms with Crippen LogP contribution in [-0.4, -0.2) is 43.8 Å². The first kappa shape index (κ1) is 19.6. The van der Waals surface area contributed by atoms with Crippen molar-refractivity contribution in [2.75, 3.05) is 11.1 Å². The number of tetrazole rings is 1. The summed E-state index contributed by atoms with van der Waals surface area (Å²) in [6.07, 6.45) is 2.91. The molecule has 2 amide bonds. The van der Waals surface area contributed by atoms with Gasteiger partial charge in [-0.1, -0.05) is 23.9 Å². The SMILES string of the molecule is O=C(CSc1nnnn1CCc1cccs1)Nc1cccc(C(=O)NC2CC2)c1. The van der Waals surface area contributed by atoms with Crippen molar-refractivity contribution in [3.63, 3.8) is 0 Å². The number of carbonyl (C=O) groups is 2. The molecule has 0 bridgehead atoms. The van der Waals surface area contributed by atoms with Crippen LogP contribution in [0.5, 0.6) is 0 Å². The molecule has 0 atom stereocenters. The van der Waals surface area contributed by atoms with Gasteiger partial charge in [-0.15, -0.1) is 16.4 Å². The van der Waals surface area contributed by atoms with Crippen LogP contribution in [0.15, 0.2) is 46.9 Å². The van der Waals surface area contributed by atoms with E-state index >= 15 is 0 Å². The Morgan fingerprint density at radius 2 is 2.14 bits per heavy atom. The zero-order valence-electron chi connectivity index (χ0n) is 15.6. The minimum Gasteiger partial charge on any atom is -0.349 e. The number of thioether (sulfide) groups is 1. The van der Waals surface area contributed by atoms with Crippen LogP contribution >= 0.6 is 23.1 Å². The smallest absolute Gasteiger partial charge is 0.251 e. The van der Waals surface area contributed by atoms with Crippen LogP contribution in [0.4, 0.5) is 5.69 Å². The van der Waals surface area contributed by atoms with Crippen molar-refractivity contribution in [2.45, 2.75) is 37.0 Å². The summed E-state index contributed by atoms with van der Waals surface area (Å²) >= 11 is 2.98. The van der Waals surface area contributed by atoms with Gasteiger partial charge < -0.3 is 10.6 Å². The van der Waals surface area contributed by atoms with Gasteiger partial charge in [0.05, 0.1) is 12.3 Å². The molecular weight excluding hydrogens is 408 g/mol. The Hall–Kier alpha value is -2.72. The minimum atomic E-state index is -0.178. The first-order valence-electron chi connectivity index (χ1n) is 9.29. The van der Waals surface area contributed by atoms with Crippen molar-refractivity contribution in [2.24, 2.45) is 0 Å². The summed E-state index contributed by atoms with van der Waals surface area (Å²) in [5.74, 6) is -0.108. The summed E-state index contributed by atoms with van der Waals surface area (Å²) in [7, 11) is 0. The normalized spacial score (nSPS) is 13.2. The summed E-state index contributed by atoms with van der Waals surface area (Å²) in [6.45, 7) is 0.662. The number of hydrogen-bond acceptors (Lipinski definition) is 7. The predicted octanol–water partition coefficient (Wildman–Crippen LogP) is 2.60. The van der Waals surface area contributed by atoms with Crippen LogP contribution in [0.2, 0.25) is 0 Å². The fraction of sp³-hybridized carbons (Fsp3) is 0.316. The van der Waals surface area contributed by atoms with Crippen molar-refractivity contribution in [3.8, 4) is 0 Å². The van der Waals surface area contributed by atoms with Gasteiger partial charge in [-0.05, 0) is 52.9 Å². The van der Waals surface area contributed by atoms with Crippen molar-refractivity contribution in [1.29, 1.82) is 0 Å². The molecule has 4 rings (SSSR count). The Balaban J connectivity index is 1.28. The van der Waals surface area contributed by atoms with Crippen LogP contribution in [0.1, 0.15) is 28.1 Å². The van der Waals surface area contributed by atoms with Gasteiger partial charge in [0.2, 0.25) is 11.1 Å². The average Bonchev–Trinajstić information content (AvgIpc) is 3.19. The van der Waals surface area contributed by atoms with E-state index in [1.54, 1.807) is 40.3 Å². The Morgan fingerprint density at radius 1 is 1.24 bits per heavy atom. The third kappa shape index (κ3) is 5.64. The number of benzene rings is 1. The number of nitrogens with one attached hydrogen (secondary N) is 2. The Bertz CT molecular complexity index is 984. The Labute approximate surface area is 176 Å². The highest BCUT2D eigenvalue weighted by molar-refractivity contribution is 7.99. The topological polar surface area (TPSA) is 102 Å². The molecule has 150 valence electrons. The molecule has 1 aliphatic rings. The molecule has 1 aromatic carbocycles. The van der Waals surface area contributed by atoms with Crippen LogP contribution in [0, 0.1) is 0 Å². The number of hydrogen-bond donors (Lipinski definition) is 2. The lowest BCUT2D eigenvalue weighted by molar-refractivity contribution is -0.113. The van der Waals surface area contributed by atoms with E-state index < -0.39 is 0 Å². The molecule has 1 fully saturated rings. The Morgan fingerprint density at radius 3 is 2.93 bits per heavy atom. The van der Waals surface area contributed by atoms with Gasteiger partial charge in [-0.3, -0.25) is 9.59 Å². The van der Waals surface area contributed by atoms with Crippen molar-refractivity contribution in [1.82, 2.24) is 25.5 Å². The van der Waals surface area contributed by atoms with Gasteiger partial charge in [0.1, 0.15) is 0 Å². The highest BCUT2D eigenvalue weighted by Crippen LogP contribution is 2.20. The van der Waals surface area contributed by atoms with E-state index in [0.717, 1.165) is 19.3 Å². The van der Waals surface area contributed by atoms with Crippen LogP contribution < -0.4 is 10.6 Å². The number of aromatic nitrogens is 4. The lowest BCUT2D eigenvalue weighted by Crippen LogP contribution is -2.25. The van der Waals surface area contributed by atoms with E-state index in [9.17, 15) is 9.59 Å². The average molecular weight is 429 g/mol. The van der Waals surface area contributed by atoms with Gasteiger partial charge in [-0.25, -0.2) is 4.68 Å². The number of aryl methyl sites for hydroxylation is 2. The van der Waals surface area contributed by atoms with Crippen molar-refractivity contribution >= 4 is 40.6 Å². The molecule has 2 aromatic heterocycles. The summed E-state index contributed by atoms with van der Waals surface area (Å²) in [5, 5.41) is 20.1. The number of rotatable bonds is 9. The molecule has 0 aliphatic heterocycles. The van der Waals surface area contributed by atoms with E-state index in [1.807, 2.05) is 11.4 Å². The minimum absolute atomic E-state index is 0.108. The second-order valence-electron chi connectivity index (χ2n) is 6.68. The number of thiophene rings is 1. The summed E-state index contributed by atoms with van der Waals surface area (Å²) in [4.78, 5) is 25.7. The van der Waals surface area contributed by atoms with Crippen LogP contribution in [-0.2, 0) is 17.8 Å². The van der Waals surface area contributed by atoms with E-state index in [2.05, 4.69) is 32.2 Å². The first-order valence-corrected chi connectivity index (χ1v) is 11.2. The summed E-state index contributed by atoms with van der Waals surface area (Å²) < 4.78 is 1.71. The zero-order valence-corrected chi connectivity index (χ0v) is 17.2. The van der Waals surface area contributed by atoms with Crippen LogP contribution in [0.25, 0.3) is 0 Å². The van der Waals surface area contributed by atoms with Crippen LogP contribution in [0.3, 0.4) is 0 Å². The van der Waals surface area contributed by atoms with Gasteiger partial charge in [0.15, 0.2) is 0 Å². The molecular formula is C19H20N6O2S2. The second kappa shape index (κ2) is 9.19. The molecule has 0 spiro atoms. The van der Waals surface area contributed by atoms with E-state index in [0.29, 0.717) is 29.0 Å². The fourth-order valence-electron chi connectivity index (χ4n) is 2.67. The quantitative estimate of drug-likeness (QED) is 0.508. The zero-order chi connectivity index (χ0) is 20.1. The molecule has 2 N–H and O–H groups in total. The molecule has 29 heavy (non-hydrogen) atoms. The number of anilines is 1. The van der Waals surface area contributed by atoms with E-state index in [4.69, 9.17) is 0 Å². The molecule has 8 nitrogen and oxygen atoms in total. The van der Waals surface area contributed by atoms with E-state index in [-0.39, 0.29) is 17.6 Å². The highest BCUT2D eigenvalue weighted by atomic mass is 32.2. The lowest BCUT2D eigenvalue weighted by Gasteiger charge is -2.08. The summed E-state index contributed by atoms with van der Waals surface area (Å²) in [5.41, 5.74) is 1.14. The maximum absolute atomic E-state index is 12.3. The molecule has 0 saturated heterocycles. The van der Waals surface area contributed by atoms with Gasteiger partial charge in [0.25, 0.3) is 5.91 Å². The number of carbonyl (C=O) groups excluding carboxylic acids is 2. The van der Waals surface area contributed by atoms with E-state index in [1.165, 1.54) is 16.6 Å². The molecule has 1 saturated carbocycles. The number of nitrogens with zero attached hydrogens (tertiary/aromatic N) is 4. The third-order valence-electron chi connectivity index (χ3n) is 4.30. The first-order chi connectivity index (χ1) is 14.2. The molecule has 2 heterocycles. The fourth-order valence-corrected chi connectivity index (χ4v) is 4.07. The second-order valence-corrected chi connectivity index (χ2v) is 8.65.